The fourth-order valence-electron chi connectivity index (χ4n) is 1.96. The summed E-state index contributed by atoms with van der Waals surface area (Å²) in [7, 11) is 0. The van der Waals surface area contributed by atoms with Crippen molar-refractivity contribution in [3.63, 3.8) is 0 Å². The second kappa shape index (κ2) is 5.01. The van der Waals surface area contributed by atoms with Gasteiger partial charge in [0.1, 0.15) is 5.69 Å². The number of aromatic carboxylic acids is 1. The van der Waals surface area contributed by atoms with Gasteiger partial charge in [-0.1, -0.05) is 47.6 Å². The summed E-state index contributed by atoms with van der Waals surface area (Å²) >= 11 is 0. The third-order valence-corrected chi connectivity index (χ3v) is 2.97. The van der Waals surface area contributed by atoms with Crippen LogP contribution < -0.4 is 0 Å². The molecule has 0 spiro atoms. The molecule has 20 heavy (non-hydrogen) atoms. The average Bonchev–Trinajstić information content (AvgIpc) is 2.98. The summed E-state index contributed by atoms with van der Waals surface area (Å²) in [6, 6.07) is 18.0. The second-order valence-electron chi connectivity index (χ2n) is 4.33. The molecule has 1 aromatic heterocycles. The summed E-state index contributed by atoms with van der Waals surface area (Å²) in [6.45, 7) is 0. The van der Waals surface area contributed by atoms with Crippen LogP contribution in [-0.2, 0) is 0 Å². The number of carboxylic acids is 1. The quantitative estimate of drug-likeness (QED) is 0.784. The predicted octanol–water partition coefficient (Wildman–Crippen LogP) is 3.71. The number of aromatic nitrogens is 1. The molecule has 0 radical (unpaired) electrons. The third-order valence-electron chi connectivity index (χ3n) is 2.97. The summed E-state index contributed by atoms with van der Waals surface area (Å²) in [5.74, 6) is -0.306. The fraction of sp³-hybridized carbons (Fsp3) is 0. The zero-order valence-corrected chi connectivity index (χ0v) is 10.5. The molecular weight excluding hydrogens is 254 g/mol. The largest absolute Gasteiger partial charge is 0.478 e. The first-order valence-corrected chi connectivity index (χ1v) is 6.10. The minimum absolute atomic E-state index is 0.228. The second-order valence-corrected chi connectivity index (χ2v) is 4.33. The van der Waals surface area contributed by atoms with Crippen molar-refractivity contribution in [2.24, 2.45) is 0 Å². The summed E-state index contributed by atoms with van der Waals surface area (Å²) in [6.07, 6.45) is 0. The molecule has 0 amide bonds. The van der Waals surface area contributed by atoms with Crippen LogP contribution >= 0.6 is 0 Å². The Labute approximate surface area is 115 Å². The molecule has 0 fully saturated rings. The Morgan fingerprint density at radius 3 is 2.45 bits per heavy atom. The molecule has 98 valence electrons. The van der Waals surface area contributed by atoms with Crippen molar-refractivity contribution < 1.29 is 14.4 Å². The number of hydrogen-bond acceptors (Lipinski definition) is 3. The van der Waals surface area contributed by atoms with Gasteiger partial charge in [0.2, 0.25) is 0 Å². The standard InChI is InChI=1S/C16H11NO3/c18-16(19)13-8-4-7-12(9-13)14-10-15(20-17-14)11-5-2-1-3-6-11/h1-10H,(H,18,19). The van der Waals surface area contributed by atoms with Crippen LogP contribution in [0, 0.1) is 0 Å². The van der Waals surface area contributed by atoms with Crippen LogP contribution in [-0.4, -0.2) is 16.2 Å². The van der Waals surface area contributed by atoms with E-state index < -0.39 is 5.97 Å². The van der Waals surface area contributed by atoms with Gasteiger partial charge in [0.25, 0.3) is 0 Å². The Balaban J connectivity index is 1.98. The van der Waals surface area contributed by atoms with E-state index in [-0.39, 0.29) is 5.56 Å². The fourth-order valence-corrected chi connectivity index (χ4v) is 1.96. The molecule has 3 rings (SSSR count). The van der Waals surface area contributed by atoms with Crippen molar-refractivity contribution >= 4 is 5.97 Å². The lowest BCUT2D eigenvalue weighted by Gasteiger charge is -1.97. The number of rotatable bonds is 3. The molecule has 4 heteroatoms. The Morgan fingerprint density at radius 2 is 1.70 bits per heavy atom. The molecule has 0 unspecified atom stereocenters. The highest BCUT2D eigenvalue weighted by atomic mass is 16.5. The van der Waals surface area contributed by atoms with Crippen molar-refractivity contribution in [1.29, 1.82) is 0 Å². The molecule has 0 saturated carbocycles. The minimum atomic E-state index is -0.960. The highest BCUT2D eigenvalue weighted by Gasteiger charge is 2.10. The van der Waals surface area contributed by atoms with E-state index in [2.05, 4.69) is 5.16 Å². The highest BCUT2D eigenvalue weighted by Crippen LogP contribution is 2.26. The van der Waals surface area contributed by atoms with Crippen molar-refractivity contribution in [2.45, 2.75) is 0 Å². The highest BCUT2D eigenvalue weighted by molar-refractivity contribution is 5.89. The minimum Gasteiger partial charge on any atom is -0.478 e. The summed E-state index contributed by atoms with van der Waals surface area (Å²) in [5.41, 5.74) is 2.50. The van der Waals surface area contributed by atoms with Crippen LogP contribution in [0.15, 0.2) is 65.2 Å². The smallest absolute Gasteiger partial charge is 0.335 e. The van der Waals surface area contributed by atoms with E-state index in [9.17, 15) is 4.79 Å². The van der Waals surface area contributed by atoms with Gasteiger partial charge in [0, 0.05) is 17.2 Å². The van der Waals surface area contributed by atoms with Crippen LogP contribution in [0.2, 0.25) is 0 Å². The summed E-state index contributed by atoms with van der Waals surface area (Å²) in [5, 5.41) is 13.0. The van der Waals surface area contributed by atoms with Gasteiger partial charge in [-0.25, -0.2) is 4.79 Å². The monoisotopic (exact) mass is 265 g/mol. The molecule has 0 saturated heterocycles. The van der Waals surface area contributed by atoms with E-state index in [4.69, 9.17) is 9.63 Å². The van der Waals surface area contributed by atoms with E-state index in [0.29, 0.717) is 11.5 Å². The van der Waals surface area contributed by atoms with Crippen molar-refractivity contribution in [2.75, 3.05) is 0 Å². The summed E-state index contributed by atoms with van der Waals surface area (Å²) in [4.78, 5) is 11.0. The Morgan fingerprint density at radius 1 is 0.950 bits per heavy atom. The van der Waals surface area contributed by atoms with Gasteiger partial charge in [-0.15, -0.1) is 0 Å². The van der Waals surface area contributed by atoms with Crippen LogP contribution in [0.25, 0.3) is 22.6 Å². The van der Waals surface area contributed by atoms with Crippen molar-refractivity contribution in [3.8, 4) is 22.6 Å². The van der Waals surface area contributed by atoms with Gasteiger partial charge in [0.05, 0.1) is 5.56 Å². The normalized spacial score (nSPS) is 10.4. The first-order chi connectivity index (χ1) is 9.74. The van der Waals surface area contributed by atoms with Gasteiger partial charge in [-0.05, 0) is 12.1 Å². The first-order valence-electron chi connectivity index (χ1n) is 6.10. The maximum atomic E-state index is 11.0. The van der Waals surface area contributed by atoms with Crippen LogP contribution in [0.4, 0.5) is 0 Å². The molecule has 1 N–H and O–H groups in total. The molecule has 0 bridgehead atoms. The van der Waals surface area contributed by atoms with Gasteiger partial charge in [-0.3, -0.25) is 0 Å². The third kappa shape index (κ3) is 2.31. The van der Waals surface area contributed by atoms with Gasteiger partial charge in [-0.2, -0.15) is 0 Å². The molecule has 0 aliphatic heterocycles. The molecule has 3 aromatic rings. The molecule has 1 heterocycles. The predicted molar refractivity (Wildman–Crippen MR) is 74.3 cm³/mol. The average molecular weight is 265 g/mol. The Bertz CT molecular complexity index is 747. The van der Waals surface area contributed by atoms with E-state index in [1.54, 1.807) is 30.3 Å². The zero-order chi connectivity index (χ0) is 13.9. The Hall–Kier alpha value is -2.88. The van der Waals surface area contributed by atoms with E-state index in [0.717, 1.165) is 11.1 Å². The van der Waals surface area contributed by atoms with Crippen molar-refractivity contribution in [3.05, 3.63) is 66.2 Å². The zero-order valence-electron chi connectivity index (χ0n) is 10.5. The maximum Gasteiger partial charge on any atom is 0.335 e. The maximum absolute atomic E-state index is 11.0. The first kappa shape index (κ1) is 12.2. The topological polar surface area (TPSA) is 63.3 Å². The van der Waals surface area contributed by atoms with Crippen LogP contribution in [0.3, 0.4) is 0 Å². The molecular formula is C16H11NO3. The molecule has 2 aromatic carbocycles. The van der Waals surface area contributed by atoms with Gasteiger partial charge < -0.3 is 9.63 Å². The van der Waals surface area contributed by atoms with Crippen LogP contribution in [0.1, 0.15) is 10.4 Å². The Kier molecular flexibility index (Phi) is 3.05. The van der Waals surface area contributed by atoms with E-state index in [1.165, 1.54) is 0 Å². The number of carboxylic acid groups (broad SMARTS) is 1. The number of carbonyl (C=O) groups is 1. The van der Waals surface area contributed by atoms with Crippen molar-refractivity contribution in [1.82, 2.24) is 5.16 Å². The number of benzene rings is 2. The lowest BCUT2D eigenvalue weighted by atomic mass is 10.1. The molecule has 0 atom stereocenters. The number of hydrogen-bond donors (Lipinski definition) is 1. The van der Waals surface area contributed by atoms with Gasteiger partial charge >= 0.3 is 5.97 Å². The van der Waals surface area contributed by atoms with E-state index in [1.807, 2.05) is 30.3 Å². The summed E-state index contributed by atoms with van der Waals surface area (Å²) < 4.78 is 5.31. The lowest BCUT2D eigenvalue weighted by Crippen LogP contribution is -1.95. The number of nitrogens with zero attached hydrogens (tertiary/aromatic N) is 1. The van der Waals surface area contributed by atoms with E-state index >= 15 is 0 Å². The molecule has 0 aliphatic carbocycles. The molecule has 4 nitrogen and oxygen atoms in total. The lowest BCUT2D eigenvalue weighted by molar-refractivity contribution is 0.0697. The SMILES string of the molecule is O=C(O)c1cccc(-c2cc(-c3ccccc3)on2)c1. The van der Waals surface area contributed by atoms with Crippen LogP contribution in [0.5, 0.6) is 0 Å². The molecule has 0 aliphatic rings. The van der Waals surface area contributed by atoms with Gasteiger partial charge in [0.15, 0.2) is 5.76 Å².